The summed E-state index contributed by atoms with van der Waals surface area (Å²) in [6.45, 7) is 19.5. The van der Waals surface area contributed by atoms with Gasteiger partial charge >= 0.3 is 0 Å². The van der Waals surface area contributed by atoms with E-state index in [1.807, 2.05) is 6.08 Å². The summed E-state index contributed by atoms with van der Waals surface area (Å²) in [5.41, 5.74) is 11.1. The van der Waals surface area contributed by atoms with Crippen molar-refractivity contribution in [2.24, 2.45) is 0 Å². The van der Waals surface area contributed by atoms with Crippen LogP contribution in [0.1, 0.15) is 44.2 Å². The molecular weight excluding hydrogens is 400 g/mol. The van der Waals surface area contributed by atoms with Crippen molar-refractivity contribution in [2.75, 3.05) is 19.6 Å². The second-order valence-electron chi connectivity index (χ2n) is 9.04. The first kappa shape index (κ1) is 23.0. The monoisotopic (exact) mass is 436 g/mol. The molecule has 4 rings (SSSR count). The molecule has 0 radical (unpaired) electrons. The minimum absolute atomic E-state index is 0.281. The van der Waals surface area contributed by atoms with Crippen molar-refractivity contribution in [1.82, 2.24) is 9.80 Å². The Kier molecular flexibility index (Phi) is 7.06. The van der Waals surface area contributed by atoms with Gasteiger partial charge in [0, 0.05) is 25.3 Å². The molecule has 1 saturated heterocycles. The van der Waals surface area contributed by atoms with Gasteiger partial charge in [-0.25, -0.2) is 0 Å². The van der Waals surface area contributed by atoms with E-state index >= 15 is 0 Å². The van der Waals surface area contributed by atoms with Crippen molar-refractivity contribution in [3.63, 3.8) is 0 Å². The summed E-state index contributed by atoms with van der Waals surface area (Å²) in [4.78, 5) is 4.87. The predicted molar refractivity (Wildman–Crippen MR) is 143 cm³/mol. The van der Waals surface area contributed by atoms with Crippen molar-refractivity contribution in [3.05, 3.63) is 108 Å². The zero-order chi connectivity index (χ0) is 23.4. The first-order valence-corrected chi connectivity index (χ1v) is 12.2. The summed E-state index contributed by atoms with van der Waals surface area (Å²) in [6, 6.07) is 13.8. The molecule has 2 heteroatoms. The van der Waals surface area contributed by atoms with Crippen molar-refractivity contribution in [2.45, 2.75) is 45.6 Å². The lowest BCUT2D eigenvalue weighted by Crippen LogP contribution is -2.52. The fourth-order valence-electron chi connectivity index (χ4n) is 5.29. The summed E-state index contributed by atoms with van der Waals surface area (Å²) in [5.74, 6) is 0. The normalized spacial score (nSPS) is 18.1. The van der Waals surface area contributed by atoms with E-state index in [1.165, 1.54) is 38.7 Å². The summed E-state index contributed by atoms with van der Waals surface area (Å²) in [5, 5.41) is 2.65. The molecule has 1 heterocycles. The fraction of sp³-hybridized carbons (Fsp3) is 0.323. The largest absolute Gasteiger partial charge is 0.364 e. The summed E-state index contributed by atoms with van der Waals surface area (Å²) in [7, 11) is 0. The molecule has 1 aliphatic heterocycles. The van der Waals surface area contributed by atoms with E-state index in [0.29, 0.717) is 0 Å². The molecule has 1 aliphatic carbocycles. The molecule has 0 N–H and O–H groups in total. The van der Waals surface area contributed by atoms with Crippen molar-refractivity contribution in [1.29, 1.82) is 0 Å². The van der Waals surface area contributed by atoms with Gasteiger partial charge in [-0.3, -0.25) is 0 Å². The topological polar surface area (TPSA) is 6.48 Å². The predicted octanol–water partition coefficient (Wildman–Crippen LogP) is 7.27. The van der Waals surface area contributed by atoms with Crippen molar-refractivity contribution < 1.29 is 0 Å². The minimum Gasteiger partial charge on any atom is -0.364 e. The number of allylic oxidation sites excluding steroid dienone is 5. The van der Waals surface area contributed by atoms with E-state index in [1.54, 1.807) is 0 Å². The molecule has 0 aromatic heterocycles. The summed E-state index contributed by atoms with van der Waals surface area (Å²) < 4.78 is 0. The third kappa shape index (κ3) is 4.63. The van der Waals surface area contributed by atoms with Gasteiger partial charge in [-0.15, -0.1) is 5.73 Å². The van der Waals surface area contributed by atoms with Gasteiger partial charge in [-0.1, -0.05) is 82.5 Å². The van der Waals surface area contributed by atoms with Crippen LogP contribution >= 0.6 is 0 Å². The minimum atomic E-state index is 0.281. The van der Waals surface area contributed by atoms with E-state index in [4.69, 9.17) is 0 Å². The molecule has 33 heavy (non-hydrogen) atoms. The highest BCUT2D eigenvalue weighted by Crippen LogP contribution is 2.37. The van der Waals surface area contributed by atoms with Crippen LogP contribution in [0.15, 0.2) is 97.1 Å². The maximum Gasteiger partial charge on any atom is 0.0684 e. The van der Waals surface area contributed by atoms with E-state index in [-0.39, 0.29) is 6.04 Å². The molecule has 0 saturated carbocycles. The van der Waals surface area contributed by atoms with Crippen LogP contribution in [0.2, 0.25) is 0 Å². The highest BCUT2D eigenvalue weighted by Gasteiger charge is 2.32. The average molecular weight is 437 g/mol. The lowest BCUT2D eigenvalue weighted by Gasteiger charge is -2.45. The maximum atomic E-state index is 4.29. The molecular formula is C31H36N2. The molecule has 0 spiro atoms. The van der Waals surface area contributed by atoms with Crippen LogP contribution in [0.3, 0.4) is 0 Å². The van der Waals surface area contributed by atoms with Crippen LogP contribution < -0.4 is 0 Å². The number of hydrogen-bond acceptors (Lipinski definition) is 2. The molecule has 2 aliphatic rings. The smallest absolute Gasteiger partial charge is 0.0684 e. The van der Waals surface area contributed by atoms with Gasteiger partial charge in [0.25, 0.3) is 0 Å². The number of rotatable bonds is 8. The van der Waals surface area contributed by atoms with E-state index in [0.717, 1.165) is 51.0 Å². The Bertz CT molecular complexity index is 1170. The van der Waals surface area contributed by atoms with Crippen molar-refractivity contribution in [3.8, 4) is 0 Å². The standard InChI is InChI=1S/C31H36N2/c1-6-12-26-19-24-13-10-11-14-25(24)21-30(26)27-15-16-28(20-27)31-22-32(29(8-3)9-4)17-18-33(31)23(5)7-2/h7,10-11,13-16,19,21,31H,2-3,5-6,9,12,17-18,20,22H2,1,4H3. The van der Waals surface area contributed by atoms with Crippen LogP contribution in [0.4, 0.5) is 0 Å². The molecule has 1 unspecified atom stereocenters. The molecule has 1 fully saturated rings. The molecule has 0 amide bonds. The third-order valence-corrected chi connectivity index (χ3v) is 7.06. The molecule has 2 nitrogen and oxygen atoms in total. The van der Waals surface area contributed by atoms with E-state index < -0.39 is 0 Å². The summed E-state index contributed by atoms with van der Waals surface area (Å²) >= 11 is 0. The number of piperazine rings is 1. The average Bonchev–Trinajstić information content (AvgIpc) is 3.34. The third-order valence-electron chi connectivity index (χ3n) is 7.06. The Labute approximate surface area is 199 Å². The quantitative estimate of drug-likeness (QED) is 0.317. The first-order chi connectivity index (χ1) is 16.1. The van der Waals surface area contributed by atoms with Crippen LogP contribution in [0, 0.1) is 0 Å². The number of hydrogen-bond donors (Lipinski definition) is 0. The van der Waals surface area contributed by atoms with Gasteiger partial charge in [0.05, 0.1) is 11.7 Å². The van der Waals surface area contributed by atoms with Gasteiger partial charge in [0.1, 0.15) is 0 Å². The molecule has 0 bridgehead atoms. The Hall–Kier alpha value is -3.22. The van der Waals surface area contributed by atoms with Crippen LogP contribution in [-0.2, 0) is 6.42 Å². The summed E-state index contributed by atoms with van der Waals surface area (Å²) in [6.07, 6.45) is 10.8. The highest BCUT2D eigenvalue weighted by molar-refractivity contribution is 5.89. The van der Waals surface area contributed by atoms with Gasteiger partial charge in [-0.2, -0.15) is 0 Å². The van der Waals surface area contributed by atoms with Crippen LogP contribution in [-0.4, -0.2) is 35.5 Å². The Morgan fingerprint density at radius 3 is 2.55 bits per heavy atom. The van der Waals surface area contributed by atoms with Gasteiger partial charge < -0.3 is 9.80 Å². The lowest BCUT2D eigenvalue weighted by molar-refractivity contribution is 0.147. The molecule has 1 atom stereocenters. The van der Waals surface area contributed by atoms with Gasteiger partial charge in [0.2, 0.25) is 0 Å². The highest BCUT2D eigenvalue weighted by atomic mass is 15.3. The molecule has 2 aromatic rings. The zero-order valence-electron chi connectivity index (χ0n) is 20.2. The Morgan fingerprint density at radius 1 is 1.12 bits per heavy atom. The number of aryl methyl sites for hydroxylation is 1. The van der Waals surface area contributed by atoms with Gasteiger partial charge in [0.15, 0.2) is 0 Å². The number of nitrogens with zero attached hydrogens (tertiary/aromatic N) is 2. The fourth-order valence-corrected chi connectivity index (χ4v) is 5.29. The maximum absolute atomic E-state index is 4.29. The van der Waals surface area contributed by atoms with E-state index in [2.05, 4.69) is 97.7 Å². The Morgan fingerprint density at radius 2 is 1.88 bits per heavy atom. The lowest BCUT2D eigenvalue weighted by atomic mass is 9.90. The van der Waals surface area contributed by atoms with Crippen LogP contribution in [0.5, 0.6) is 0 Å². The Balaban J connectivity index is 1.63. The first-order valence-electron chi connectivity index (χ1n) is 12.2. The molecule has 170 valence electrons. The van der Waals surface area contributed by atoms with Gasteiger partial charge in [-0.05, 0) is 64.5 Å². The number of fused-ring (bicyclic) bond motifs is 1. The number of benzene rings is 2. The second-order valence-corrected chi connectivity index (χ2v) is 9.04. The van der Waals surface area contributed by atoms with Crippen molar-refractivity contribution >= 4 is 16.3 Å². The second kappa shape index (κ2) is 10.1. The zero-order valence-corrected chi connectivity index (χ0v) is 20.2. The van der Waals surface area contributed by atoms with Crippen LogP contribution in [0.25, 0.3) is 16.3 Å². The SMILES string of the molecule is C=C=C(CC)N1CCN(C(=C)C=C)C(C2=CC=C(c3cc4ccccc4cc3CCC)C2)C1. The molecule has 2 aromatic carbocycles. The van der Waals surface area contributed by atoms with E-state index in [9.17, 15) is 0 Å².